The summed E-state index contributed by atoms with van der Waals surface area (Å²) in [5.74, 6) is 0.508. The first-order valence-electron chi connectivity index (χ1n) is 4.91. The molecule has 0 unspecified atom stereocenters. The average Bonchev–Trinajstić information content (AvgIpc) is 2.28. The molecule has 1 aromatic carbocycles. The lowest BCUT2D eigenvalue weighted by atomic mass is 10.2. The van der Waals surface area contributed by atoms with Crippen LogP contribution in [-0.4, -0.2) is 37.2 Å². The molecule has 8 heteroatoms. The van der Waals surface area contributed by atoms with Crippen LogP contribution in [0.15, 0.2) is 32.7 Å². The number of halogens is 1. The molecule has 100 valence electrons. The fourth-order valence-corrected chi connectivity index (χ4v) is 3.79. The molecule has 1 aromatic rings. The molecule has 18 heavy (non-hydrogen) atoms. The molecule has 0 spiro atoms. The summed E-state index contributed by atoms with van der Waals surface area (Å²) in [6, 6.07) is 5.33. The molecule has 0 bridgehead atoms. The number of nitrogens with zero attached hydrogens (tertiary/aromatic N) is 1. The van der Waals surface area contributed by atoms with Gasteiger partial charge in [-0.2, -0.15) is 0 Å². The molecular formula is C10H13BrN2O3S2. The summed E-state index contributed by atoms with van der Waals surface area (Å²) < 4.78 is 22.9. The van der Waals surface area contributed by atoms with Crippen LogP contribution in [0.25, 0.3) is 0 Å². The zero-order valence-corrected chi connectivity index (χ0v) is 12.8. The Bertz CT molecular complexity index is 558. The predicted molar refractivity (Wildman–Crippen MR) is 77.1 cm³/mol. The van der Waals surface area contributed by atoms with Crippen molar-refractivity contribution in [1.82, 2.24) is 0 Å². The van der Waals surface area contributed by atoms with Crippen molar-refractivity contribution in [1.29, 1.82) is 0 Å². The van der Waals surface area contributed by atoms with E-state index in [9.17, 15) is 8.42 Å². The number of hydrogen-bond donors (Lipinski definition) is 2. The van der Waals surface area contributed by atoms with Gasteiger partial charge in [-0.25, -0.2) is 8.42 Å². The number of nitrogens with two attached hydrogens (primary N) is 1. The molecule has 0 radical (unpaired) electrons. The minimum absolute atomic E-state index is 0.00171. The largest absolute Gasteiger partial charge is 0.409 e. The topological polar surface area (TPSA) is 92.8 Å². The monoisotopic (exact) mass is 352 g/mol. The summed E-state index contributed by atoms with van der Waals surface area (Å²) in [5.41, 5.74) is 6.14. The molecule has 0 atom stereocenters. The van der Waals surface area contributed by atoms with E-state index in [1.54, 1.807) is 12.1 Å². The van der Waals surface area contributed by atoms with Gasteiger partial charge in [-0.3, -0.25) is 0 Å². The first kappa shape index (κ1) is 15.3. The van der Waals surface area contributed by atoms with E-state index in [4.69, 9.17) is 10.9 Å². The Morgan fingerprint density at radius 2 is 2.22 bits per heavy atom. The lowest BCUT2D eigenvalue weighted by Crippen LogP contribution is -2.14. The number of hydrogen-bond acceptors (Lipinski definition) is 5. The number of oxime groups is 1. The third-order valence-corrected chi connectivity index (χ3v) is 4.81. The Hall–Kier alpha value is -0.730. The molecule has 0 fully saturated rings. The van der Waals surface area contributed by atoms with Gasteiger partial charge in [0, 0.05) is 26.9 Å². The maximum atomic E-state index is 11.0. The zero-order valence-electron chi connectivity index (χ0n) is 9.63. The summed E-state index contributed by atoms with van der Waals surface area (Å²) in [6.07, 6.45) is 1.19. The summed E-state index contributed by atoms with van der Waals surface area (Å²) in [4.78, 5) is 0.775. The summed E-state index contributed by atoms with van der Waals surface area (Å²) >= 11 is 4.65. The fraction of sp³-hybridized carbons (Fsp3) is 0.300. The molecule has 3 N–H and O–H groups in total. The lowest BCUT2D eigenvalue weighted by molar-refractivity contribution is 0.318. The minimum Gasteiger partial charge on any atom is -0.409 e. The van der Waals surface area contributed by atoms with E-state index in [0.29, 0.717) is 11.3 Å². The zero-order chi connectivity index (χ0) is 13.8. The molecule has 0 amide bonds. The van der Waals surface area contributed by atoms with Crippen LogP contribution in [-0.2, 0) is 9.84 Å². The van der Waals surface area contributed by atoms with E-state index in [1.807, 2.05) is 6.07 Å². The highest BCUT2D eigenvalue weighted by Crippen LogP contribution is 2.26. The fourth-order valence-electron chi connectivity index (χ4n) is 1.19. The molecule has 0 saturated heterocycles. The number of sulfone groups is 1. The molecule has 1 rings (SSSR count). The SMILES string of the molecule is CS(=O)(=O)CCSc1ccc(Br)cc1/C(N)=N/O. The molecule has 5 nitrogen and oxygen atoms in total. The van der Waals surface area contributed by atoms with Crippen LogP contribution < -0.4 is 5.73 Å². The Kier molecular flexibility index (Phi) is 5.48. The third kappa shape index (κ3) is 4.87. The Morgan fingerprint density at radius 3 is 2.78 bits per heavy atom. The second kappa shape index (κ2) is 6.44. The van der Waals surface area contributed by atoms with Gasteiger partial charge in [0.25, 0.3) is 0 Å². The van der Waals surface area contributed by atoms with Crippen molar-refractivity contribution in [3.8, 4) is 0 Å². The van der Waals surface area contributed by atoms with Crippen LogP contribution in [0, 0.1) is 0 Å². The van der Waals surface area contributed by atoms with Gasteiger partial charge < -0.3 is 10.9 Å². The molecule has 0 aliphatic rings. The normalized spacial score (nSPS) is 12.7. The van der Waals surface area contributed by atoms with Crippen LogP contribution in [0.1, 0.15) is 5.56 Å². The smallest absolute Gasteiger partial charge is 0.171 e. The van der Waals surface area contributed by atoms with Crippen molar-refractivity contribution in [2.75, 3.05) is 17.8 Å². The molecule has 0 aromatic heterocycles. The van der Waals surface area contributed by atoms with Crippen molar-refractivity contribution in [2.45, 2.75) is 4.90 Å². The first-order valence-corrected chi connectivity index (χ1v) is 8.75. The van der Waals surface area contributed by atoms with Gasteiger partial charge in [-0.05, 0) is 18.2 Å². The number of rotatable bonds is 5. The van der Waals surface area contributed by atoms with Crippen LogP contribution in [0.3, 0.4) is 0 Å². The van der Waals surface area contributed by atoms with Crippen molar-refractivity contribution >= 4 is 43.4 Å². The van der Waals surface area contributed by atoms with Crippen LogP contribution in [0.2, 0.25) is 0 Å². The second-order valence-electron chi connectivity index (χ2n) is 3.60. The van der Waals surface area contributed by atoms with Gasteiger partial charge in [-0.1, -0.05) is 21.1 Å². The highest BCUT2D eigenvalue weighted by Gasteiger charge is 2.10. The number of amidine groups is 1. The predicted octanol–water partition coefficient (Wildman–Crippen LogP) is 1.68. The molecule has 0 heterocycles. The van der Waals surface area contributed by atoms with E-state index in [1.165, 1.54) is 18.0 Å². The molecule has 0 saturated carbocycles. The summed E-state index contributed by atoms with van der Waals surface area (Å²) in [6.45, 7) is 0. The van der Waals surface area contributed by atoms with Gasteiger partial charge >= 0.3 is 0 Å². The Balaban J connectivity index is 2.89. The standard InChI is InChI=1S/C10H13BrN2O3S2/c1-18(15,16)5-4-17-9-3-2-7(11)6-8(9)10(12)13-14/h2-3,6,14H,4-5H2,1H3,(H2,12,13). The quantitative estimate of drug-likeness (QED) is 0.276. The second-order valence-corrected chi connectivity index (χ2v) is 7.92. The minimum atomic E-state index is -2.98. The van der Waals surface area contributed by atoms with Gasteiger partial charge in [0.2, 0.25) is 0 Å². The average molecular weight is 353 g/mol. The van der Waals surface area contributed by atoms with E-state index in [0.717, 1.165) is 9.37 Å². The van der Waals surface area contributed by atoms with Crippen LogP contribution >= 0.6 is 27.7 Å². The van der Waals surface area contributed by atoms with Crippen LogP contribution in [0.5, 0.6) is 0 Å². The maximum absolute atomic E-state index is 11.0. The van der Waals surface area contributed by atoms with E-state index in [-0.39, 0.29) is 11.6 Å². The molecule has 0 aliphatic carbocycles. The maximum Gasteiger partial charge on any atom is 0.171 e. The Labute approximate surface area is 118 Å². The van der Waals surface area contributed by atoms with Crippen molar-refractivity contribution in [3.63, 3.8) is 0 Å². The van der Waals surface area contributed by atoms with E-state index in [2.05, 4.69) is 21.1 Å². The summed E-state index contributed by atoms with van der Waals surface area (Å²) in [7, 11) is -2.98. The third-order valence-electron chi connectivity index (χ3n) is 2.04. The Morgan fingerprint density at radius 1 is 1.56 bits per heavy atom. The number of benzene rings is 1. The number of thioether (sulfide) groups is 1. The van der Waals surface area contributed by atoms with Gasteiger partial charge in [0.05, 0.1) is 5.75 Å². The van der Waals surface area contributed by atoms with Crippen molar-refractivity contribution in [2.24, 2.45) is 10.9 Å². The van der Waals surface area contributed by atoms with Crippen LogP contribution in [0.4, 0.5) is 0 Å². The van der Waals surface area contributed by atoms with E-state index >= 15 is 0 Å². The van der Waals surface area contributed by atoms with Gasteiger partial charge in [-0.15, -0.1) is 11.8 Å². The van der Waals surface area contributed by atoms with Crippen molar-refractivity contribution < 1.29 is 13.6 Å². The van der Waals surface area contributed by atoms with Crippen molar-refractivity contribution in [3.05, 3.63) is 28.2 Å². The lowest BCUT2D eigenvalue weighted by Gasteiger charge is -2.08. The van der Waals surface area contributed by atoms with E-state index < -0.39 is 9.84 Å². The summed E-state index contributed by atoms with van der Waals surface area (Å²) in [5, 5.41) is 11.7. The van der Waals surface area contributed by atoms with Gasteiger partial charge in [0.1, 0.15) is 9.84 Å². The first-order chi connectivity index (χ1) is 8.33. The highest BCUT2D eigenvalue weighted by molar-refractivity contribution is 9.10. The highest BCUT2D eigenvalue weighted by atomic mass is 79.9. The van der Waals surface area contributed by atoms with Gasteiger partial charge in [0.15, 0.2) is 5.84 Å². The molecule has 0 aliphatic heterocycles. The molecular weight excluding hydrogens is 340 g/mol.